The summed E-state index contributed by atoms with van der Waals surface area (Å²) in [5.74, 6) is -4.89. The van der Waals surface area contributed by atoms with Gasteiger partial charge in [0.2, 0.25) is 11.5 Å². The second-order valence-corrected chi connectivity index (χ2v) is 7.19. The van der Waals surface area contributed by atoms with E-state index in [0.717, 1.165) is 0 Å². The van der Waals surface area contributed by atoms with Crippen LogP contribution in [0.25, 0.3) is 0 Å². The van der Waals surface area contributed by atoms with E-state index in [1.54, 1.807) is 0 Å². The molecule has 10 heteroatoms. The molecule has 4 nitrogen and oxygen atoms in total. The van der Waals surface area contributed by atoms with E-state index < -0.39 is 34.3 Å². The van der Waals surface area contributed by atoms with Crippen molar-refractivity contribution in [1.82, 2.24) is 0 Å². The predicted molar refractivity (Wildman–Crippen MR) is 109 cm³/mol. The Morgan fingerprint density at radius 1 is 0.600 bits per heavy atom. The molecule has 0 fully saturated rings. The monoisotopic (exact) mass is 484 g/mol. The molecule has 0 aromatic heterocycles. The van der Waals surface area contributed by atoms with Crippen LogP contribution >= 0.6 is 46.4 Å². The molecule has 3 aromatic carbocycles. The van der Waals surface area contributed by atoms with Gasteiger partial charge in [-0.2, -0.15) is 10.5 Å². The Kier molecular flexibility index (Phi) is 6.55. The smallest absolute Gasteiger partial charge is 0.210 e. The lowest BCUT2D eigenvalue weighted by molar-refractivity contribution is 0.374. The molecule has 0 aliphatic carbocycles. The zero-order chi connectivity index (χ0) is 22.0. The molecule has 0 spiro atoms. The van der Waals surface area contributed by atoms with Crippen LogP contribution in [0.1, 0.15) is 11.1 Å². The highest BCUT2D eigenvalue weighted by Crippen LogP contribution is 2.47. The van der Waals surface area contributed by atoms with Crippen molar-refractivity contribution in [3.63, 3.8) is 0 Å². The zero-order valence-electron chi connectivity index (χ0n) is 14.4. The van der Waals surface area contributed by atoms with E-state index in [4.69, 9.17) is 55.9 Å². The van der Waals surface area contributed by atoms with Gasteiger partial charge in [-0.15, -0.1) is 0 Å². The first-order chi connectivity index (χ1) is 14.3. The number of hydrogen-bond donors (Lipinski definition) is 0. The molecule has 0 aliphatic rings. The molecule has 0 heterocycles. The number of hydrogen-bond acceptors (Lipinski definition) is 4. The predicted octanol–water partition coefficient (Wildman–Crippen LogP) is 7.91. The normalized spacial score (nSPS) is 10.3. The van der Waals surface area contributed by atoms with Gasteiger partial charge in [0.1, 0.15) is 23.3 Å². The largest absolute Gasteiger partial charge is 0.447 e. The summed E-state index contributed by atoms with van der Waals surface area (Å²) in [4.78, 5) is 0. The van der Waals surface area contributed by atoms with Gasteiger partial charge in [0.05, 0.1) is 20.1 Å². The van der Waals surface area contributed by atoms with Crippen molar-refractivity contribution in [1.29, 1.82) is 10.5 Å². The second kappa shape index (κ2) is 8.95. The van der Waals surface area contributed by atoms with Gasteiger partial charge in [0.15, 0.2) is 23.1 Å². The van der Waals surface area contributed by atoms with Gasteiger partial charge in [-0.05, 0) is 24.3 Å². The molecule has 0 bridgehead atoms. The van der Waals surface area contributed by atoms with Crippen molar-refractivity contribution in [2.75, 3.05) is 0 Å². The fourth-order valence-corrected chi connectivity index (χ4v) is 3.35. The number of para-hydroxylation sites is 2. The Morgan fingerprint density at radius 3 is 1.17 bits per heavy atom. The van der Waals surface area contributed by atoms with Crippen molar-refractivity contribution >= 4 is 46.4 Å². The van der Waals surface area contributed by atoms with Crippen molar-refractivity contribution < 1.29 is 18.3 Å². The number of nitrogens with zero attached hydrogens (tertiary/aromatic N) is 2. The summed E-state index contributed by atoms with van der Waals surface area (Å²) in [6, 6.07) is 11.5. The second-order valence-electron chi connectivity index (χ2n) is 5.57. The molecule has 3 aromatic rings. The van der Waals surface area contributed by atoms with E-state index in [0.29, 0.717) is 0 Å². The molecule has 0 unspecified atom stereocenters. The fraction of sp³-hybridized carbons (Fsp3) is 0. The first-order valence-corrected chi connectivity index (χ1v) is 9.40. The van der Waals surface area contributed by atoms with Crippen LogP contribution in [0.5, 0.6) is 23.0 Å². The third-order valence-electron chi connectivity index (χ3n) is 3.76. The molecule has 0 amide bonds. The molecule has 0 radical (unpaired) electrons. The van der Waals surface area contributed by atoms with E-state index >= 15 is 8.78 Å². The fourth-order valence-electron chi connectivity index (χ4n) is 2.40. The van der Waals surface area contributed by atoms with Gasteiger partial charge in [0.25, 0.3) is 0 Å². The van der Waals surface area contributed by atoms with Gasteiger partial charge in [-0.1, -0.05) is 58.5 Å². The Hall–Kier alpha value is -2.74. The van der Waals surface area contributed by atoms with Gasteiger partial charge in [0, 0.05) is 0 Å². The van der Waals surface area contributed by atoms with Crippen molar-refractivity contribution in [3.8, 4) is 35.1 Å². The van der Waals surface area contributed by atoms with E-state index in [1.165, 1.54) is 48.5 Å². The molecule has 3 rings (SSSR count). The summed E-state index contributed by atoms with van der Waals surface area (Å²) in [5, 5.41) is 18.4. The summed E-state index contributed by atoms with van der Waals surface area (Å²) in [6.07, 6.45) is 0. The quantitative estimate of drug-likeness (QED) is 0.376. The summed E-state index contributed by atoms with van der Waals surface area (Å²) in [6.45, 7) is 0. The molecular weight excluding hydrogens is 480 g/mol. The van der Waals surface area contributed by atoms with E-state index in [9.17, 15) is 10.5 Å². The Bertz CT molecular complexity index is 1120. The summed E-state index contributed by atoms with van der Waals surface area (Å²) < 4.78 is 41.1. The van der Waals surface area contributed by atoms with Crippen LogP contribution in [0.4, 0.5) is 8.78 Å². The van der Waals surface area contributed by atoms with E-state index in [1.807, 2.05) is 0 Å². The Labute approximate surface area is 189 Å². The van der Waals surface area contributed by atoms with Crippen LogP contribution in [0.3, 0.4) is 0 Å². The summed E-state index contributed by atoms with van der Waals surface area (Å²) in [5.41, 5.74) is -1.77. The molecule has 30 heavy (non-hydrogen) atoms. The average Bonchev–Trinajstić information content (AvgIpc) is 2.71. The lowest BCUT2D eigenvalue weighted by atomic mass is 10.1. The van der Waals surface area contributed by atoms with Crippen LogP contribution < -0.4 is 9.47 Å². The van der Waals surface area contributed by atoms with Crippen molar-refractivity contribution in [3.05, 3.63) is 79.3 Å². The summed E-state index contributed by atoms with van der Waals surface area (Å²) in [7, 11) is 0. The highest BCUT2D eigenvalue weighted by molar-refractivity contribution is 6.37. The number of halogens is 6. The van der Waals surface area contributed by atoms with E-state index in [-0.39, 0.29) is 31.6 Å². The first-order valence-electron chi connectivity index (χ1n) is 7.89. The summed E-state index contributed by atoms with van der Waals surface area (Å²) >= 11 is 24.2. The van der Waals surface area contributed by atoms with Gasteiger partial charge in [-0.3, -0.25) is 0 Å². The maximum absolute atomic E-state index is 15.1. The highest BCUT2D eigenvalue weighted by Gasteiger charge is 2.30. The molecule has 0 saturated carbocycles. The maximum atomic E-state index is 15.1. The van der Waals surface area contributed by atoms with Crippen LogP contribution in [-0.4, -0.2) is 0 Å². The molecule has 0 N–H and O–H groups in total. The maximum Gasteiger partial charge on any atom is 0.210 e. The van der Waals surface area contributed by atoms with Gasteiger partial charge >= 0.3 is 0 Å². The standard InChI is InChI=1S/C20H6Cl4F2N2O2/c21-11-3-1-4-12(22)17(11)29-19-15(25)9(7-27)10(8-28)16(26)20(19)30-18-13(23)5-2-6-14(18)24/h1-6H. The number of rotatable bonds is 4. The first kappa shape index (κ1) is 22.0. The Balaban J connectivity index is 2.31. The molecular formula is C20H6Cl4F2N2O2. The topological polar surface area (TPSA) is 66.0 Å². The minimum atomic E-state index is -1.36. The third kappa shape index (κ3) is 3.96. The average molecular weight is 486 g/mol. The molecule has 0 saturated heterocycles. The van der Waals surface area contributed by atoms with Gasteiger partial charge in [-0.25, -0.2) is 8.78 Å². The van der Waals surface area contributed by atoms with Crippen LogP contribution in [0.15, 0.2) is 36.4 Å². The molecule has 0 atom stereocenters. The number of benzene rings is 3. The zero-order valence-corrected chi connectivity index (χ0v) is 17.5. The number of nitriles is 2. The van der Waals surface area contributed by atoms with Crippen LogP contribution in [-0.2, 0) is 0 Å². The van der Waals surface area contributed by atoms with Crippen LogP contribution in [0, 0.1) is 34.3 Å². The SMILES string of the molecule is N#Cc1c(F)c(Oc2c(Cl)cccc2Cl)c(Oc2c(Cl)cccc2Cl)c(F)c1C#N. The molecule has 150 valence electrons. The molecule has 0 aliphatic heterocycles. The highest BCUT2D eigenvalue weighted by atomic mass is 35.5. The minimum Gasteiger partial charge on any atom is -0.447 e. The van der Waals surface area contributed by atoms with Crippen molar-refractivity contribution in [2.45, 2.75) is 0 Å². The van der Waals surface area contributed by atoms with E-state index in [2.05, 4.69) is 0 Å². The van der Waals surface area contributed by atoms with Gasteiger partial charge < -0.3 is 9.47 Å². The van der Waals surface area contributed by atoms with Crippen molar-refractivity contribution in [2.24, 2.45) is 0 Å². The lowest BCUT2D eigenvalue weighted by Gasteiger charge is -2.18. The number of ether oxygens (including phenoxy) is 2. The Morgan fingerprint density at radius 2 is 0.900 bits per heavy atom. The third-order valence-corrected chi connectivity index (χ3v) is 4.95. The lowest BCUT2D eigenvalue weighted by Crippen LogP contribution is -2.04. The minimum absolute atomic E-state index is 0.0214. The van der Waals surface area contributed by atoms with Crippen LogP contribution in [0.2, 0.25) is 20.1 Å².